The highest BCUT2D eigenvalue weighted by atomic mass is 16.4. The molecule has 0 radical (unpaired) electrons. The maximum Gasteiger partial charge on any atom is 0.325 e. The van der Waals surface area contributed by atoms with Crippen molar-refractivity contribution in [2.75, 3.05) is 0 Å². The molecule has 1 aromatic rings. The average Bonchev–Trinajstić information content (AvgIpc) is 2.60. The largest absolute Gasteiger partial charge is 0.480 e. The molecule has 2 rings (SSSR count). The first-order valence-electron chi connectivity index (χ1n) is 7.33. The standard InChI is InChI=1S/C17H14O9/c18-11(9-4-2-1-3-5-9)10-6-7-16(12(19)20,13(21)22)8-17(10,14(23)24)15(25)26/h1-6H,7-8H2,(H,19,20)(H,21,22)(H,23,24)(H,25,26). The van der Waals surface area contributed by atoms with Crippen molar-refractivity contribution in [3.63, 3.8) is 0 Å². The fraction of sp³-hybridized carbons (Fsp3) is 0.235. The smallest absolute Gasteiger partial charge is 0.325 e. The van der Waals surface area contributed by atoms with Gasteiger partial charge in [-0.2, -0.15) is 0 Å². The van der Waals surface area contributed by atoms with E-state index in [1.165, 1.54) is 24.3 Å². The van der Waals surface area contributed by atoms with Crippen molar-refractivity contribution in [2.24, 2.45) is 10.8 Å². The first kappa shape index (κ1) is 18.8. The van der Waals surface area contributed by atoms with Crippen molar-refractivity contribution in [3.8, 4) is 0 Å². The lowest BCUT2D eigenvalue weighted by atomic mass is 9.60. The Morgan fingerprint density at radius 3 is 1.69 bits per heavy atom. The van der Waals surface area contributed by atoms with Gasteiger partial charge in [0.1, 0.15) is 0 Å². The van der Waals surface area contributed by atoms with E-state index in [0.29, 0.717) is 0 Å². The van der Waals surface area contributed by atoms with E-state index in [2.05, 4.69) is 0 Å². The van der Waals surface area contributed by atoms with Crippen molar-refractivity contribution in [2.45, 2.75) is 12.8 Å². The molecule has 26 heavy (non-hydrogen) atoms. The zero-order chi connectivity index (χ0) is 19.7. The number of carbonyl (C=O) groups excluding carboxylic acids is 1. The molecule has 0 aliphatic heterocycles. The SMILES string of the molecule is O=C(C1=CCC(C(=O)O)(C(=O)O)CC1(C(=O)O)C(=O)O)c1ccccc1. The lowest BCUT2D eigenvalue weighted by Gasteiger charge is -2.38. The average molecular weight is 362 g/mol. The normalized spacial score (nSPS) is 17.6. The number of hydrogen-bond donors (Lipinski definition) is 4. The van der Waals surface area contributed by atoms with Crippen LogP contribution in [-0.2, 0) is 19.2 Å². The number of carboxylic acids is 4. The fourth-order valence-electron chi connectivity index (χ4n) is 2.99. The third-order valence-electron chi connectivity index (χ3n) is 4.51. The summed E-state index contributed by atoms with van der Waals surface area (Å²) in [5.74, 6) is -8.68. The number of aliphatic carboxylic acids is 4. The van der Waals surface area contributed by atoms with E-state index in [1.807, 2.05) is 0 Å². The van der Waals surface area contributed by atoms with Crippen LogP contribution in [0.25, 0.3) is 0 Å². The molecule has 136 valence electrons. The third kappa shape index (κ3) is 2.63. The molecular formula is C17H14O9. The summed E-state index contributed by atoms with van der Waals surface area (Å²) >= 11 is 0. The first-order valence-corrected chi connectivity index (χ1v) is 7.33. The van der Waals surface area contributed by atoms with Gasteiger partial charge in [-0.15, -0.1) is 0 Å². The van der Waals surface area contributed by atoms with Gasteiger partial charge in [-0.3, -0.25) is 24.0 Å². The number of hydrogen-bond acceptors (Lipinski definition) is 5. The number of Topliss-reactive ketones (excluding diaryl/α,β-unsaturated/α-hetero) is 1. The molecule has 9 heteroatoms. The van der Waals surface area contributed by atoms with Gasteiger partial charge in [0.15, 0.2) is 16.6 Å². The third-order valence-corrected chi connectivity index (χ3v) is 4.51. The second-order valence-electron chi connectivity index (χ2n) is 5.90. The van der Waals surface area contributed by atoms with Crippen LogP contribution in [0.1, 0.15) is 23.2 Å². The van der Waals surface area contributed by atoms with E-state index < -0.39 is 58.9 Å². The van der Waals surface area contributed by atoms with Gasteiger partial charge >= 0.3 is 23.9 Å². The summed E-state index contributed by atoms with van der Waals surface area (Å²) in [4.78, 5) is 59.4. The van der Waals surface area contributed by atoms with Crippen LogP contribution >= 0.6 is 0 Å². The number of benzene rings is 1. The van der Waals surface area contributed by atoms with E-state index >= 15 is 0 Å². The lowest BCUT2D eigenvalue weighted by molar-refractivity contribution is -0.173. The van der Waals surface area contributed by atoms with Crippen LogP contribution < -0.4 is 0 Å². The Labute approximate surface area is 146 Å². The Kier molecular flexibility index (Phi) is 4.66. The van der Waals surface area contributed by atoms with E-state index in [9.17, 15) is 44.4 Å². The molecule has 0 saturated carbocycles. The van der Waals surface area contributed by atoms with Crippen LogP contribution in [0.4, 0.5) is 0 Å². The molecule has 4 N–H and O–H groups in total. The van der Waals surface area contributed by atoms with Gasteiger partial charge in [0, 0.05) is 17.6 Å². The molecule has 0 fully saturated rings. The van der Waals surface area contributed by atoms with Gasteiger partial charge in [0.25, 0.3) is 0 Å². The Morgan fingerprint density at radius 1 is 0.769 bits per heavy atom. The molecule has 0 saturated heterocycles. The van der Waals surface area contributed by atoms with E-state index in [-0.39, 0.29) is 5.56 Å². The van der Waals surface area contributed by atoms with E-state index in [4.69, 9.17) is 0 Å². The predicted octanol–water partition coefficient (Wildman–Crippen LogP) is 0.901. The minimum atomic E-state index is -3.00. The van der Waals surface area contributed by atoms with Crippen LogP contribution in [0.15, 0.2) is 42.0 Å². The molecule has 0 amide bonds. The van der Waals surface area contributed by atoms with Crippen molar-refractivity contribution in [1.29, 1.82) is 0 Å². The van der Waals surface area contributed by atoms with Gasteiger partial charge < -0.3 is 20.4 Å². The predicted molar refractivity (Wildman–Crippen MR) is 83.5 cm³/mol. The molecule has 0 spiro atoms. The Balaban J connectivity index is 2.73. The number of rotatable bonds is 6. The number of allylic oxidation sites excluding steroid dienone is 1. The van der Waals surface area contributed by atoms with Gasteiger partial charge in [-0.05, 0) is 6.42 Å². The summed E-state index contributed by atoms with van der Waals surface area (Å²) in [5.41, 5.74) is -6.33. The second kappa shape index (κ2) is 6.43. The second-order valence-corrected chi connectivity index (χ2v) is 5.90. The minimum absolute atomic E-state index is 0.00350. The molecule has 1 aromatic carbocycles. The summed E-state index contributed by atoms with van der Waals surface area (Å²) in [5, 5.41) is 37.8. The molecule has 0 unspecified atom stereocenters. The fourth-order valence-corrected chi connectivity index (χ4v) is 2.99. The lowest BCUT2D eigenvalue weighted by Crippen LogP contribution is -2.54. The molecule has 0 atom stereocenters. The molecule has 0 heterocycles. The van der Waals surface area contributed by atoms with Crippen molar-refractivity contribution >= 4 is 29.7 Å². The highest BCUT2D eigenvalue weighted by Crippen LogP contribution is 2.48. The quantitative estimate of drug-likeness (QED) is 0.424. The van der Waals surface area contributed by atoms with Gasteiger partial charge in [-0.1, -0.05) is 36.4 Å². The van der Waals surface area contributed by atoms with E-state index in [0.717, 1.165) is 6.08 Å². The van der Waals surface area contributed by atoms with Crippen LogP contribution in [0.2, 0.25) is 0 Å². The van der Waals surface area contributed by atoms with Crippen LogP contribution in [0, 0.1) is 10.8 Å². The van der Waals surface area contributed by atoms with Gasteiger partial charge in [0.2, 0.25) is 0 Å². The molecule has 9 nitrogen and oxygen atoms in total. The minimum Gasteiger partial charge on any atom is -0.480 e. The number of ketones is 1. The topological polar surface area (TPSA) is 166 Å². The molecule has 1 aliphatic rings. The molecule has 0 bridgehead atoms. The van der Waals surface area contributed by atoms with E-state index in [1.54, 1.807) is 6.07 Å². The van der Waals surface area contributed by atoms with Gasteiger partial charge in [-0.25, -0.2) is 0 Å². The summed E-state index contributed by atoms with van der Waals surface area (Å²) < 4.78 is 0. The van der Waals surface area contributed by atoms with Crippen LogP contribution in [0.5, 0.6) is 0 Å². The maximum atomic E-state index is 12.7. The Morgan fingerprint density at radius 2 is 1.27 bits per heavy atom. The molecule has 1 aliphatic carbocycles. The molecular weight excluding hydrogens is 348 g/mol. The van der Waals surface area contributed by atoms with Crippen molar-refractivity contribution in [3.05, 3.63) is 47.5 Å². The summed E-state index contributed by atoms with van der Waals surface area (Å²) in [6.45, 7) is 0. The summed E-state index contributed by atoms with van der Waals surface area (Å²) in [6, 6.07) is 7.24. The van der Waals surface area contributed by atoms with Crippen molar-refractivity contribution in [1.82, 2.24) is 0 Å². The molecule has 0 aromatic heterocycles. The Bertz CT molecular complexity index is 807. The van der Waals surface area contributed by atoms with Crippen LogP contribution in [-0.4, -0.2) is 50.1 Å². The Hall–Kier alpha value is -3.49. The highest BCUT2D eigenvalue weighted by Gasteiger charge is 2.63. The van der Waals surface area contributed by atoms with Gasteiger partial charge in [0.05, 0.1) is 0 Å². The number of carboxylic acid groups (broad SMARTS) is 4. The maximum absolute atomic E-state index is 12.7. The zero-order valence-electron chi connectivity index (χ0n) is 13.2. The number of carbonyl (C=O) groups is 5. The monoisotopic (exact) mass is 362 g/mol. The highest BCUT2D eigenvalue weighted by molar-refractivity contribution is 6.19. The summed E-state index contributed by atoms with van der Waals surface area (Å²) in [6.07, 6.45) is -1.21. The first-order chi connectivity index (χ1) is 12.1. The zero-order valence-corrected chi connectivity index (χ0v) is 13.2. The summed E-state index contributed by atoms with van der Waals surface area (Å²) in [7, 11) is 0. The van der Waals surface area contributed by atoms with Crippen LogP contribution in [0.3, 0.4) is 0 Å². The van der Waals surface area contributed by atoms with Crippen molar-refractivity contribution < 1.29 is 44.4 Å².